The van der Waals surface area contributed by atoms with Gasteiger partial charge in [-0.05, 0) is 30.7 Å². The normalized spacial score (nSPS) is 11.1. The minimum Gasteiger partial charge on any atom is -0.495 e. The van der Waals surface area contributed by atoms with E-state index in [9.17, 15) is 9.59 Å². The Balaban J connectivity index is 2.24. The Labute approximate surface area is 161 Å². The van der Waals surface area contributed by atoms with Crippen molar-refractivity contribution in [1.29, 1.82) is 0 Å². The van der Waals surface area contributed by atoms with E-state index >= 15 is 0 Å². The highest BCUT2D eigenvalue weighted by Gasteiger charge is 2.21. The lowest BCUT2D eigenvalue weighted by Gasteiger charge is -2.13. The van der Waals surface area contributed by atoms with Gasteiger partial charge in [-0.1, -0.05) is 35.9 Å². The van der Waals surface area contributed by atoms with Crippen LogP contribution in [0.25, 0.3) is 27.8 Å². The number of aryl methyl sites for hydroxylation is 2. The summed E-state index contributed by atoms with van der Waals surface area (Å²) in [6.07, 6.45) is 1.83. The zero-order valence-corrected chi connectivity index (χ0v) is 16.3. The highest BCUT2D eigenvalue weighted by molar-refractivity contribution is 5.95. The Hall–Kier alpha value is -3.54. The highest BCUT2D eigenvalue weighted by atomic mass is 16.5. The lowest BCUT2D eigenvalue weighted by atomic mass is 10.1. The van der Waals surface area contributed by atoms with E-state index in [2.05, 4.69) is 0 Å². The standard InChI is InChI=1S/C22H21N3O3/c1-14-8-7-9-15(12-14)20-19-17(23(2)22(27)24(3)21(19)26)13-25(20)16-10-5-6-11-18(16)28-4/h5-13H,1-4H3. The van der Waals surface area contributed by atoms with Gasteiger partial charge in [-0.15, -0.1) is 0 Å². The first-order valence-corrected chi connectivity index (χ1v) is 8.95. The third kappa shape index (κ3) is 2.57. The predicted molar refractivity (Wildman–Crippen MR) is 110 cm³/mol. The van der Waals surface area contributed by atoms with Crippen LogP contribution in [-0.4, -0.2) is 20.8 Å². The molecule has 0 aliphatic rings. The Morgan fingerprint density at radius 1 is 0.929 bits per heavy atom. The van der Waals surface area contributed by atoms with Gasteiger partial charge >= 0.3 is 5.69 Å². The maximum Gasteiger partial charge on any atom is 0.330 e. The third-order valence-corrected chi connectivity index (χ3v) is 5.08. The van der Waals surface area contributed by atoms with Gasteiger partial charge in [0.1, 0.15) is 5.75 Å². The van der Waals surface area contributed by atoms with Crippen molar-refractivity contribution in [2.24, 2.45) is 14.1 Å². The molecule has 6 nitrogen and oxygen atoms in total. The first-order valence-electron chi connectivity index (χ1n) is 8.95. The maximum absolute atomic E-state index is 13.1. The van der Waals surface area contributed by atoms with Crippen LogP contribution in [0.1, 0.15) is 5.56 Å². The monoisotopic (exact) mass is 375 g/mol. The van der Waals surface area contributed by atoms with Gasteiger partial charge in [0.25, 0.3) is 5.56 Å². The van der Waals surface area contributed by atoms with Crippen molar-refractivity contribution in [2.75, 3.05) is 7.11 Å². The summed E-state index contributed by atoms with van der Waals surface area (Å²) in [5.41, 5.74) is 3.42. The second-order valence-corrected chi connectivity index (χ2v) is 6.86. The molecule has 0 aliphatic heterocycles. The largest absolute Gasteiger partial charge is 0.495 e. The average molecular weight is 375 g/mol. The molecule has 0 radical (unpaired) electrons. The van der Waals surface area contributed by atoms with Gasteiger partial charge in [-0.3, -0.25) is 13.9 Å². The maximum atomic E-state index is 13.1. The van der Waals surface area contributed by atoms with Gasteiger partial charge in [0.05, 0.1) is 29.4 Å². The number of fused-ring (bicyclic) bond motifs is 1. The quantitative estimate of drug-likeness (QED) is 0.553. The molecule has 0 bridgehead atoms. The van der Waals surface area contributed by atoms with E-state index in [-0.39, 0.29) is 11.2 Å². The van der Waals surface area contributed by atoms with Crippen molar-refractivity contribution in [1.82, 2.24) is 13.7 Å². The molecule has 6 heteroatoms. The summed E-state index contributed by atoms with van der Waals surface area (Å²) in [5, 5.41) is 0.501. The fourth-order valence-corrected chi connectivity index (χ4v) is 3.64. The molecule has 4 rings (SSSR count). The minimum absolute atomic E-state index is 0.316. The molecule has 2 aromatic carbocycles. The molecular weight excluding hydrogens is 354 g/mol. The summed E-state index contributed by atoms with van der Waals surface area (Å²) in [7, 11) is 4.80. The van der Waals surface area contributed by atoms with E-state index in [0.717, 1.165) is 27.1 Å². The zero-order chi connectivity index (χ0) is 20.0. The SMILES string of the molecule is COc1ccccc1-n1cc2c(c1-c1cccc(C)c1)c(=O)n(C)c(=O)n2C. The lowest BCUT2D eigenvalue weighted by Crippen LogP contribution is -2.36. The summed E-state index contributed by atoms with van der Waals surface area (Å²) >= 11 is 0. The van der Waals surface area contributed by atoms with Crippen molar-refractivity contribution in [3.63, 3.8) is 0 Å². The van der Waals surface area contributed by atoms with E-state index in [1.54, 1.807) is 14.2 Å². The molecule has 0 saturated carbocycles. The zero-order valence-electron chi connectivity index (χ0n) is 16.3. The molecular formula is C22H21N3O3. The summed E-state index contributed by atoms with van der Waals surface area (Å²) in [5.74, 6) is 0.679. The van der Waals surface area contributed by atoms with E-state index < -0.39 is 0 Å². The topological polar surface area (TPSA) is 58.2 Å². The van der Waals surface area contributed by atoms with E-state index in [4.69, 9.17) is 4.74 Å². The number of aromatic nitrogens is 3. The molecule has 0 amide bonds. The molecule has 0 fully saturated rings. The van der Waals surface area contributed by atoms with Crippen molar-refractivity contribution in [2.45, 2.75) is 6.92 Å². The van der Waals surface area contributed by atoms with Crippen LogP contribution in [0, 0.1) is 6.92 Å². The van der Waals surface area contributed by atoms with E-state index in [0.29, 0.717) is 16.7 Å². The molecule has 0 atom stereocenters. The van der Waals surface area contributed by atoms with Crippen molar-refractivity contribution >= 4 is 10.9 Å². The second-order valence-electron chi connectivity index (χ2n) is 6.86. The fourth-order valence-electron chi connectivity index (χ4n) is 3.64. The first-order chi connectivity index (χ1) is 13.4. The number of rotatable bonds is 3. The van der Waals surface area contributed by atoms with Gasteiger partial charge in [-0.2, -0.15) is 0 Å². The smallest absolute Gasteiger partial charge is 0.330 e. The van der Waals surface area contributed by atoms with Crippen molar-refractivity contribution in [3.05, 3.63) is 81.1 Å². The number of benzene rings is 2. The number of nitrogens with zero attached hydrogens (tertiary/aromatic N) is 3. The Bertz CT molecular complexity index is 1330. The first kappa shape index (κ1) is 17.9. The Morgan fingerprint density at radius 3 is 2.39 bits per heavy atom. The molecule has 4 aromatic rings. The molecule has 0 spiro atoms. The molecule has 142 valence electrons. The lowest BCUT2D eigenvalue weighted by molar-refractivity contribution is 0.413. The minimum atomic E-state index is -0.356. The van der Waals surface area contributed by atoms with Crippen LogP contribution >= 0.6 is 0 Å². The number of hydrogen-bond acceptors (Lipinski definition) is 3. The Kier molecular flexibility index (Phi) is 4.19. The molecule has 0 N–H and O–H groups in total. The van der Waals surface area contributed by atoms with Crippen molar-refractivity contribution in [3.8, 4) is 22.7 Å². The molecule has 0 unspecified atom stereocenters. The number of methoxy groups -OCH3 is 1. The van der Waals surface area contributed by atoms with Crippen LogP contribution in [-0.2, 0) is 14.1 Å². The van der Waals surface area contributed by atoms with Crippen LogP contribution in [0.4, 0.5) is 0 Å². The van der Waals surface area contributed by atoms with Crippen LogP contribution in [0.15, 0.2) is 64.3 Å². The number of para-hydroxylation sites is 2. The summed E-state index contributed by atoms with van der Waals surface area (Å²) in [6.45, 7) is 2.01. The van der Waals surface area contributed by atoms with Gasteiger partial charge in [0, 0.05) is 20.3 Å². The van der Waals surface area contributed by atoms with Crippen LogP contribution in [0.2, 0.25) is 0 Å². The van der Waals surface area contributed by atoms with E-state index in [1.165, 1.54) is 11.6 Å². The molecule has 28 heavy (non-hydrogen) atoms. The Morgan fingerprint density at radius 2 is 1.68 bits per heavy atom. The van der Waals surface area contributed by atoms with Crippen molar-refractivity contribution < 1.29 is 4.74 Å². The summed E-state index contributed by atoms with van der Waals surface area (Å²) in [6, 6.07) is 15.6. The van der Waals surface area contributed by atoms with E-state index in [1.807, 2.05) is 66.2 Å². The summed E-state index contributed by atoms with van der Waals surface area (Å²) in [4.78, 5) is 25.6. The summed E-state index contributed by atoms with van der Waals surface area (Å²) < 4.78 is 10.1. The van der Waals surface area contributed by atoms with Gasteiger partial charge in [0.15, 0.2) is 0 Å². The molecule has 0 saturated heterocycles. The van der Waals surface area contributed by atoms with Gasteiger partial charge in [0.2, 0.25) is 0 Å². The molecule has 0 aliphatic carbocycles. The van der Waals surface area contributed by atoms with Crippen LogP contribution in [0.3, 0.4) is 0 Å². The predicted octanol–water partition coefficient (Wildman–Crippen LogP) is 3.01. The second kappa shape index (κ2) is 6.56. The number of hydrogen-bond donors (Lipinski definition) is 0. The van der Waals surface area contributed by atoms with Gasteiger partial charge in [-0.25, -0.2) is 4.79 Å². The molecule has 2 aromatic heterocycles. The van der Waals surface area contributed by atoms with Crippen LogP contribution in [0.5, 0.6) is 5.75 Å². The average Bonchev–Trinajstić information content (AvgIpc) is 3.11. The highest BCUT2D eigenvalue weighted by Crippen LogP contribution is 2.34. The van der Waals surface area contributed by atoms with Crippen LogP contribution < -0.4 is 16.0 Å². The number of ether oxygens (including phenoxy) is 1. The van der Waals surface area contributed by atoms with Gasteiger partial charge < -0.3 is 9.30 Å². The fraction of sp³-hybridized carbons (Fsp3) is 0.182. The third-order valence-electron chi connectivity index (χ3n) is 5.08. The molecule has 2 heterocycles.